The number of amides is 2. The maximum absolute atomic E-state index is 12.4. The molecule has 3 atom stereocenters. The van der Waals surface area contributed by atoms with Crippen molar-refractivity contribution in [1.82, 2.24) is 5.32 Å². The van der Waals surface area contributed by atoms with E-state index in [-0.39, 0.29) is 30.4 Å². The first kappa shape index (κ1) is 20.3. The minimum Gasteiger partial charge on any atom is -0.452 e. The number of carbonyl (C=O) groups is 3. The molecule has 2 heterocycles. The molecule has 2 fully saturated rings. The van der Waals surface area contributed by atoms with Crippen LogP contribution in [-0.2, 0) is 29.0 Å². The van der Waals surface area contributed by atoms with Crippen molar-refractivity contribution in [2.75, 3.05) is 23.0 Å². The predicted molar refractivity (Wildman–Crippen MR) is 102 cm³/mol. The number of anilines is 1. The van der Waals surface area contributed by atoms with Crippen LogP contribution in [0.25, 0.3) is 0 Å². The van der Waals surface area contributed by atoms with E-state index in [0.717, 1.165) is 11.3 Å². The largest absolute Gasteiger partial charge is 0.452 e. The van der Waals surface area contributed by atoms with Gasteiger partial charge in [-0.2, -0.15) is 0 Å². The Labute approximate surface area is 164 Å². The van der Waals surface area contributed by atoms with Gasteiger partial charge < -0.3 is 15.0 Å². The van der Waals surface area contributed by atoms with Gasteiger partial charge in [-0.25, -0.2) is 8.42 Å². The van der Waals surface area contributed by atoms with E-state index in [1.807, 2.05) is 31.2 Å². The molecule has 0 aromatic heterocycles. The first-order valence-corrected chi connectivity index (χ1v) is 11.0. The Morgan fingerprint density at radius 1 is 1.25 bits per heavy atom. The molecule has 152 valence electrons. The monoisotopic (exact) mass is 408 g/mol. The van der Waals surface area contributed by atoms with E-state index in [0.29, 0.717) is 6.42 Å². The zero-order valence-corrected chi connectivity index (χ0v) is 16.7. The predicted octanol–water partition coefficient (Wildman–Crippen LogP) is 0.583. The van der Waals surface area contributed by atoms with Gasteiger partial charge in [-0.3, -0.25) is 14.4 Å². The Kier molecular flexibility index (Phi) is 5.74. The quantitative estimate of drug-likeness (QED) is 0.714. The SMILES string of the molecule is Cc1ccc(N2C[C@H](C(=O)O[C@H](C)C(=O)N[C@@H]3CCS(=O)(=O)C3)CC2=O)cc1. The van der Waals surface area contributed by atoms with Gasteiger partial charge >= 0.3 is 5.97 Å². The summed E-state index contributed by atoms with van der Waals surface area (Å²) in [6, 6.07) is 6.98. The lowest BCUT2D eigenvalue weighted by atomic mass is 10.1. The summed E-state index contributed by atoms with van der Waals surface area (Å²) >= 11 is 0. The average Bonchev–Trinajstić information content (AvgIpc) is 3.17. The third-order valence-corrected chi connectivity index (χ3v) is 6.81. The molecule has 2 amide bonds. The van der Waals surface area contributed by atoms with Crippen molar-refractivity contribution in [2.45, 2.75) is 38.8 Å². The number of esters is 1. The fourth-order valence-corrected chi connectivity index (χ4v) is 5.06. The molecule has 1 aromatic rings. The number of rotatable bonds is 5. The van der Waals surface area contributed by atoms with Crippen molar-refractivity contribution in [2.24, 2.45) is 5.92 Å². The minimum atomic E-state index is -3.11. The minimum absolute atomic E-state index is 0.0297. The van der Waals surface area contributed by atoms with E-state index in [1.54, 1.807) is 4.90 Å². The number of hydrogen-bond acceptors (Lipinski definition) is 6. The molecule has 2 aliphatic heterocycles. The summed E-state index contributed by atoms with van der Waals surface area (Å²) < 4.78 is 28.2. The molecule has 2 aliphatic rings. The van der Waals surface area contributed by atoms with Gasteiger partial charge in [0.15, 0.2) is 15.9 Å². The van der Waals surface area contributed by atoms with Gasteiger partial charge in [-0.1, -0.05) is 17.7 Å². The van der Waals surface area contributed by atoms with Gasteiger partial charge in [0, 0.05) is 24.7 Å². The van der Waals surface area contributed by atoms with Crippen LogP contribution in [0.15, 0.2) is 24.3 Å². The van der Waals surface area contributed by atoms with Crippen molar-refractivity contribution < 1.29 is 27.5 Å². The highest BCUT2D eigenvalue weighted by molar-refractivity contribution is 7.91. The lowest BCUT2D eigenvalue weighted by Gasteiger charge is -2.19. The first-order valence-electron chi connectivity index (χ1n) is 9.23. The maximum atomic E-state index is 12.4. The zero-order chi connectivity index (χ0) is 20.5. The van der Waals surface area contributed by atoms with Crippen molar-refractivity contribution in [3.63, 3.8) is 0 Å². The Hall–Kier alpha value is -2.42. The molecule has 8 nitrogen and oxygen atoms in total. The molecule has 1 aromatic carbocycles. The molecule has 1 N–H and O–H groups in total. The Balaban J connectivity index is 1.53. The molecule has 3 rings (SSSR count). The zero-order valence-electron chi connectivity index (χ0n) is 15.9. The van der Waals surface area contributed by atoms with Crippen LogP contribution in [0.1, 0.15) is 25.3 Å². The van der Waals surface area contributed by atoms with E-state index in [2.05, 4.69) is 5.32 Å². The van der Waals surface area contributed by atoms with E-state index < -0.39 is 39.8 Å². The van der Waals surface area contributed by atoms with Crippen molar-refractivity contribution >= 4 is 33.3 Å². The highest BCUT2D eigenvalue weighted by Crippen LogP contribution is 2.26. The standard InChI is InChI=1S/C19H24N2O6S/c1-12-3-5-16(6-4-12)21-10-14(9-17(21)22)19(24)27-13(2)18(23)20-15-7-8-28(25,26)11-15/h3-6,13-15H,7-11H2,1-2H3,(H,20,23)/t13-,14-,15-/m1/s1. The first-order chi connectivity index (χ1) is 13.1. The number of nitrogens with zero attached hydrogens (tertiary/aromatic N) is 1. The lowest BCUT2D eigenvalue weighted by Crippen LogP contribution is -2.43. The third kappa shape index (κ3) is 4.70. The summed E-state index contributed by atoms with van der Waals surface area (Å²) in [4.78, 5) is 38.4. The summed E-state index contributed by atoms with van der Waals surface area (Å²) in [6.07, 6.45) is -0.668. The lowest BCUT2D eigenvalue weighted by molar-refractivity contribution is -0.158. The molecule has 0 saturated carbocycles. The van der Waals surface area contributed by atoms with Crippen LogP contribution in [0.2, 0.25) is 0 Å². The molecule has 9 heteroatoms. The van der Waals surface area contributed by atoms with Gasteiger partial charge in [0.25, 0.3) is 5.91 Å². The normalized spacial score (nSPS) is 24.8. The second kappa shape index (κ2) is 7.90. The second-order valence-corrected chi connectivity index (χ2v) is 9.66. The summed E-state index contributed by atoms with van der Waals surface area (Å²) in [5, 5.41) is 2.61. The van der Waals surface area contributed by atoms with Gasteiger partial charge in [0.1, 0.15) is 0 Å². The average molecular weight is 408 g/mol. The van der Waals surface area contributed by atoms with Crippen LogP contribution >= 0.6 is 0 Å². The summed E-state index contributed by atoms with van der Waals surface area (Å²) in [5.41, 5.74) is 1.79. The van der Waals surface area contributed by atoms with Crippen LogP contribution < -0.4 is 10.2 Å². The highest BCUT2D eigenvalue weighted by atomic mass is 32.2. The van der Waals surface area contributed by atoms with E-state index in [1.165, 1.54) is 6.92 Å². The topological polar surface area (TPSA) is 110 Å². The number of hydrogen-bond donors (Lipinski definition) is 1. The van der Waals surface area contributed by atoms with Crippen molar-refractivity contribution in [1.29, 1.82) is 0 Å². The molecular weight excluding hydrogens is 384 g/mol. The second-order valence-electron chi connectivity index (χ2n) is 7.43. The maximum Gasteiger partial charge on any atom is 0.312 e. The molecule has 2 saturated heterocycles. The highest BCUT2D eigenvalue weighted by Gasteiger charge is 2.38. The molecule has 0 radical (unpaired) electrons. The number of benzene rings is 1. The Bertz CT molecular complexity index is 880. The van der Waals surface area contributed by atoms with Gasteiger partial charge in [-0.05, 0) is 32.4 Å². The summed E-state index contributed by atoms with van der Waals surface area (Å²) in [6.45, 7) is 3.59. The smallest absolute Gasteiger partial charge is 0.312 e. The van der Waals surface area contributed by atoms with E-state index in [4.69, 9.17) is 4.74 Å². The molecular formula is C19H24N2O6S. The van der Waals surface area contributed by atoms with Gasteiger partial charge in [0.2, 0.25) is 5.91 Å². The number of carbonyl (C=O) groups excluding carboxylic acids is 3. The summed E-state index contributed by atoms with van der Waals surface area (Å²) in [5.74, 6) is -2.00. The van der Waals surface area contributed by atoms with E-state index >= 15 is 0 Å². The molecule has 0 bridgehead atoms. The number of aryl methyl sites for hydroxylation is 1. The van der Waals surface area contributed by atoms with Crippen LogP contribution in [0.5, 0.6) is 0 Å². The molecule has 0 unspecified atom stereocenters. The Morgan fingerprint density at radius 3 is 2.54 bits per heavy atom. The fraction of sp³-hybridized carbons (Fsp3) is 0.526. The third-order valence-electron chi connectivity index (χ3n) is 5.04. The Morgan fingerprint density at radius 2 is 1.93 bits per heavy atom. The number of nitrogens with one attached hydrogen (secondary N) is 1. The fourth-order valence-electron chi connectivity index (χ4n) is 3.39. The van der Waals surface area contributed by atoms with Gasteiger partial charge in [-0.15, -0.1) is 0 Å². The number of sulfone groups is 1. The van der Waals surface area contributed by atoms with Crippen molar-refractivity contribution in [3.8, 4) is 0 Å². The van der Waals surface area contributed by atoms with E-state index in [9.17, 15) is 22.8 Å². The van der Waals surface area contributed by atoms with Crippen LogP contribution in [0.4, 0.5) is 5.69 Å². The van der Waals surface area contributed by atoms with Gasteiger partial charge in [0.05, 0.1) is 17.4 Å². The van der Waals surface area contributed by atoms with Crippen molar-refractivity contribution in [3.05, 3.63) is 29.8 Å². The van der Waals surface area contributed by atoms with Crippen LogP contribution in [-0.4, -0.2) is 56.4 Å². The van der Waals surface area contributed by atoms with Crippen LogP contribution in [0.3, 0.4) is 0 Å². The summed E-state index contributed by atoms with van der Waals surface area (Å²) in [7, 11) is -3.11. The van der Waals surface area contributed by atoms with Crippen LogP contribution in [0, 0.1) is 12.8 Å². The molecule has 28 heavy (non-hydrogen) atoms. The number of ether oxygens (including phenoxy) is 1. The molecule has 0 aliphatic carbocycles. The molecule has 0 spiro atoms.